The van der Waals surface area contributed by atoms with Crippen LogP contribution in [0.5, 0.6) is 0 Å². The fraction of sp³-hybridized carbons (Fsp3) is 0.909. The standard InChI is InChI=1S/C11H20O3/c1-10(2,14-5)6-7-8(9(12)13)11(7,3)4/h7-8H,6H2,1-5H3,(H,12,13)/t7-,8+/m1/s1. The average molecular weight is 200 g/mol. The monoisotopic (exact) mass is 200 g/mol. The zero-order valence-electron chi connectivity index (χ0n) is 9.63. The van der Waals surface area contributed by atoms with E-state index in [2.05, 4.69) is 0 Å². The van der Waals surface area contributed by atoms with E-state index in [4.69, 9.17) is 9.84 Å². The molecule has 0 aromatic carbocycles. The molecule has 1 saturated carbocycles. The van der Waals surface area contributed by atoms with Gasteiger partial charge in [-0.05, 0) is 31.6 Å². The maximum atomic E-state index is 10.9. The molecule has 82 valence electrons. The maximum Gasteiger partial charge on any atom is 0.307 e. The van der Waals surface area contributed by atoms with E-state index in [-0.39, 0.29) is 22.9 Å². The lowest BCUT2D eigenvalue weighted by Gasteiger charge is -2.23. The molecule has 2 atom stereocenters. The van der Waals surface area contributed by atoms with Gasteiger partial charge in [0, 0.05) is 7.11 Å². The molecular formula is C11H20O3. The van der Waals surface area contributed by atoms with E-state index >= 15 is 0 Å². The minimum atomic E-state index is -0.674. The highest BCUT2D eigenvalue weighted by Gasteiger charge is 2.62. The Morgan fingerprint density at radius 2 is 2.00 bits per heavy atom. The van der Waals surface area contributed by atoms with E-state index in [1.807, 2.05) is 27.7 Å². The maximum absolute atomic E-state index is 10.9. The van der Waals surface area contributed by atoms with E-state index in [9.17, 15) is 4.79 Å². The summed E-state index contributed by atoms with van der Waals surface area (Å²) in [5, 5.41) is 8.99. The first kappa shape index (κ1) is 11.5. The molecule has 0 aliphatic heterocycles. The summed E-state index contributed by atoms with van der Waals surface area (Å²) in [6.45, 7) is 8.03. The first-order valence-corrected chi connectivity index (χ1v) is 5.00. The third-order valence-corrected chi connectivity index (χ3v) is 3.58. The van der Waals surface area contributed by atoms with Crippen molar-refractivity contribution in [2.45, 2.75) is 39.7 Å². The summed E-state index contributed by atoms with van der Waals surface area (Å²) in [4.78, 5) is 10.9. The number of methoxy groups -OCH3 is 1. The molecule has 1 aliphatic rings. The number of aliphatic carboxylic acids is 1. The molecule has 3 nitrogen and oxygen atoms in total. The van der Waals surface area contributed by atoms with E-state index in [1.54, 1.807) is 7.11 Å². The molecule has 1 fully saturated rings. The van der Waals surface area contributed by atoms with Crippen molar-refractivity contribution in [3.05, 3.63) is 0 Å². The number of rotatable bonds is 4. The lowest BCUT2D eigenvalue weighted by atomic mass is 9.97. The predicted molar refractivity (Wildman–Crippen MR) is 54.1 cm³/mol. The third-order valence-electron chi connectivity index (χ3n) is 3.58. The van der Waals surface area contributed by atoms with Crippen LogP contribution >= 0.6 is 0 Å². The van der Waals surface area contributed by atoms with E-state index < -0.39 is 5.97 Å². The Morgan fingerprint density at radius 3 is 2.29 bits per heavy atom. The number of hydrogen-bond acceptors (Lipinski definition) is 2. The SMILES string of the molecule is COC(C)(C)C[C@@H]1[C@@H](C(=O)O)C1(C)C. The summed E-state index contributed by atoms with van der Waals surface area (Å²) in [5.74, 6) is -0.626. The van der Waals surface area contributed by atoms with Crippen LogP contribution in [0.2, 0.25) is 0 Å². The smallest absolute Gasteiger partial charge is 0.307 e. The molecule has 0 radical (unpaired) electrons. The Bertz CT molecular complexity index is 243. The molecule has 0 saturated heterocycles. The van der Waals surface area contributed by atoms with Crippen molar-refractivity contribution >= 4 is 5.97 Å². The van der Waals surface area contributed by atoms with Gasteiger partial charge in [0.15, 0.2) is 0 Å². The average Bonchev–Trinajstić information content (AvgIpc) is 2.52. The van der Waals surface area contributed by atoms with Gasteiger partial charge >= 0.3 is 5.97 Å². The first-order chi connectivity index (χ1) is 6.22. The molecular weight excluding hydrogens is 180 g/mol. The van der Waals surface area contributed by atoms with E-state index in [0.29, 0.717) is 0 Å². The zero-order chi connectivity index (χ0) is 11.1. The topological polar surface area (TPSA) is 46.5 Å². The van der Waals surface area contributed by atoms with Crippen LogP contribution in [0.1, 0.15) is 34.1 Å². The fourth-order valence-electron chi connectivity index (χ4n) is 2.23. The predicted octanol–water partition coefficient (Wildman–Crippen LogP) is 2.16. The van der Waals surface area contributed by atoms with Gasteiger partial charge in [-0.3, -0.25) is 4.79 Å². The number of carboxylic acids is 1. The highest BCUT2D eigenvalue weighted by molar-refractivity contribution is 5.75. The van der Waals surface area contributed by atoms with Crippen molar-refractivity contribution in [3.8, 4) is 0 Å². The van der Waals surface area contributed by atoms with Crippen LogP contribution in [0.15, 0.2) is 0 Å². The van der Waals surface area contributed by atoms with Gasteiger partial charge in [-0.2, -0.15) is 0 Å². The van der Waals surface area contributed by atoms with Crippen LogP contribution in [0.4, 0.5) is 0 Å². The lowest BCUT2D eigenvalue weighted by Crippen LogP contribution is -2.24. The van der Waals surface area contributed by atoms with Gasteiger partial charge in [0.25, 0.3) is 0 Å². The minimum absolute atomic E-state index is 0.0678. The molecule has 0 aromatic heterocycles. The molecule has 0 spiro atoms. The normalized spacial score (nSPS) is 30.1. The quantitative estimate of drug-likeness (QED) is 0.756. The van der Waals surface area contributed by atoms with Crippen LogP contribution in [0.25, 0.3) is 0 Å². The van der Waals surface area contributed by atoms with Gasteiger partial charge in [-0.25, -0.2) is 0 Å². The first-order valence-electron chi connectivity index (χ1n) is 5.00. The molecule has 1 N–H and O–H groups in total. The van der Waals surface area contributed by atoms with Crippen molar-refractivity contribution in [3.63, 3.8) is 0 Å². The van der Waals surface area contributed by atoms with Gasteiger partial charge in [0.05, 0.1) is 11.5 Å². The Hall–Kier alpha value is -0.570. The summed E-state index contributed by atoms with van der Waals surface area (Å²) >= 11 is 0. The fourth-order valence-corrected chi connectivity index (χ4v) is 2.23. The molecule has 0 heterocycles. The summed E-state index contributed by atoms with van der Waals surface area (Å²) < 4.78 is 5.32. The second kappa shape index (κ2) is 3.23. The Kier molecular flexibility index (Phi) is 2.65. The Labute approximate surface area is 85.5 Å². The number of ether oxygens (including phenoxy) is 1. The summed E-state index contributed by atoms with van der Waals surface area (Å²) in [5.41, 5.74) is -0.284. The number of hydrogen-bond donors (Lipinski definition) is 1. The van der Waals surface area contributed by atoms with E-state index in [1.165, 1.54) is 0 Å². The van der Waals surface area contributed by atoms with Gasteiger partial charge in [0.1, 0.15) is 0 Å². The summed E-state index contributed by atoms with van der Waals surface area (Å²) in [6, 6.07) is 0. The molecule has 0 bridgehead atoms. The van der Waals surface area contributed by atoms with Crippen LogP contribution in [-0.2, 0) is 9.53 Å². The Morgan fingerprint density at radius 1 is 1.50 bits per heavy atom. The molecule has 0 amide bonds. The van der Waals surface area contributed by atoms with Crippen LogP contribution in [0.3, 0.4) is 0 Å². The number of carbonyl (C=O) groups is 1. The van der Waals surface area contributed by atoms with Crippen LogP contribution in [0, 0.1) is 17.3 Å². The van der Waals surface area contributed by atoms with Gasteiger partial charge in [0.2, 0.25) is 0 Å². The highest BCUT2D eigenvalue weighted by Crippen LogP contribution is 2.61. The second-order valence-electron chi connectivity index (χ2n) is 5.41. The molecule has 1 rings (SSSR count). The van der Waals surface area contributed by atoms with Gasteiger partial charge < -0.3 is 9.84 Å². The Balaban J connectivity index is 2.62. The highest BCUT2D eigenvalue weighted by atomic mass is 16.5. The molecule has 0 aromatic rings. The van der Waals surface area contributed by atoms with Crippen LogP contribution in [-0.4, -0.2) is 23.8 Å². The zero-order valence-corrected chi connectivity index (χ0v) is 9.63. The molecule has 14 heavy (non-hydrogen) atoms. The third kappa shape index (κ3) is 1.92. The summed E-state index contributed by atoms with van der Waals surface area (Å²) in [6.07, 6.45) is 0.813. The van der Waals surface area contributed by atoms with E-state index in [0.717, 1.165) is 6.42 Å². The lowest BCUT2D eigenvalue weighted by molar-refractivity contribution is -0.139. The van der Waals surface area contributed by atoms with Crippen molar-refractivity contribution in [1.82, 2.24) is 0 Å². The van der Waals surface area contributed by atoms with Gasteiger partial charge in [-0.15, -0.1) is 0 Å². The molecule has 0 unspecified atom stereocenters. The minimum Gasteiger partial charge on any atom is -0.481 e. The van der Waals surface area contributed by atoms with Crippen molar-refractivity contribution in [2.24, 2.45) is 17.3 Å². The van der Waals surface area contributed by atoms with Crippen molar-refractivity contribution < 1.29 is 14.6 Å². The molecule has 1 aliphatic carbocycles. The van der Waals surface area contributed by atoms with Gasteiger partial charge in [-0.1, -0.05) is 13.8 Å². The molecule has 3 heteroatoms. The number of carboxylic acid groups (broad SMARTS) is 1. The largest absolute Gasteiger partial charge is 0.481 e. The van der Waals surface area contributed by atoms with Crippen molar-refractivity contribution in [2.75, 3.05) is 7.11 Å². The second-order valence-corrected chi connectivity index (χ2v) is 5.41. The van der Waals surface area contributed by atoms with Crippen LogP contribution < -0.4 is 0 Å². The summed E-state index contributed by atoms with van der Waals surface area (Å²) in [7, 11) is 1.67. The van der Waals surface area contributed by atoms with Crippen molar-refractivity contribution in [1.29, 1.82) is 0 Å².